The van der Waals surface area contributed by atoms with Gasteiger partial charge in [0.15, 0.2) is 11.5 Å². The van der Waals surface area contributed by atoms with Gasteiger partial charge in [0.2, 0.25) is 0 Å². The molecule has 4 nitrogen and oxygen atoms in total. The van der Waals surface area contributed by atoms with Crippen LogP contribution >= 0.6 is 0 Å². The average Bonchev–Trinajstić information content (AvgIpc) is 2.30. The molecule has 0 saturated carbocycles. The van der Waals surface area contributed by atoms with Gasteiger partial charge in [0.25, 0.3) is 0 Å². The highest BCUT2D eigenvalue weighted by molar-refractivity contribution is 5.42. The molecule has 1 aromatic carbocycles. The fraction of sp³-hybridized carbons (Fsp3) is 0.455. The van der Waals surface area contributed by atoms with Crippen molar-refractivity contribution >= 4 is 0 Å². The summed E-state index contributed by atoms with van der Waals surface area (Å²) in [6, 6.07) is 5.58. The number of nitrogens with one attached hydrogen (secondary N) is 1. The Morgan fingerprint density at radius 3 is 3.00 bits per heavy atom. The van der Waals surface area contributed by atoms with Crippen LogP contribution in [0, 0.1) is 0 Å². The van der Waals surface area contributed by atoms with E-state index >= 15 is 0 Å². The fourth-order valence-corrected chi connectivity index (χ4v) is 1.70. The number of morpholine rings is 1. The minimum absolute atomic E-state index is 0.163. The number of phenolic OH excluding ortho intramolecular Hbond substituents is 1. The van der Waals surface area contributed by atoms with E-state index in [-0.39, 0.29) is 11.8 Å². The van der Waals surface area contributed by atoms with Crippen LogP contribution in [0.1, 0.15) is 11.6 Å². The summed E-state index contributed by atoms with van der Waals surface area (Å²) in [5, 5.41) is 13.0. The maximum Gasteiger partial charge on any atom is 0.160 e. The van der Waals surface area contributed by atoms with Crippen molar-refractivity contribution in [3.63, 3.8) is 0 Å². The quantitative estimate of drug-likeness (QED) is 0.764. The molecule has 1 heterocycles. The van der Waals surface area contributed by atoms with Crippen molar-refractivity contribution in [3.05, 3.63) is 23.8 Å². The molecule has 0 unspecified atom stereocenters. The summed E-state index contributed by atoms with van der Waals surface area (Å²) >= 11 is 0. The number of phenols is 1. The van der Waals surface area contributed by atoms with Crippen molar-refractivity contribution < 1.29 is 14.6 Å². The molecule has 2 N–H and O–H groups in total. The molecule has 0 amide bonds. The maximum absolute atomic E-state index is 9.63. The first-order valence-electron chi connectivity index (χ1n) is 4.99. The Hall–Kier alpha value is -1.26. The molecule has 4 heteroatoms. The van der Waals surface area contributed by atoms with Crippen LogP contribution in [-0.2, 0) is 4.74 Å². The highest BCUT2D eigenvalue weighted by Crippen LogP contribution is 2.29. The second kappa shape index (κ2) is 4.51. The summed E-state index contributed by atoms with van der Waals surface area (Å²) in [6.07, 6.45) is 0. The third kappa shape index (κ3) is 2.22. The summed E-state index contributed by atoms with van der Waals surface area (Å²) < 4.78 is 10.3. The van der Waals surface area contributed by atoms with E-state index in [1.165, 1.54) is 7.11 Å². The Labute approximate surface area is 88.8 Å². The topological polar surface area (TPSA) is 50.7 Å². The van der Waals surface area contributed by atoms with Gasteiger partial charge in [0.1, 0.15) is 0 Å². The zero-order valence-corrected chi connectivity index (χ0v) is 8.69. The molecule has 0 spiro atoms. The second-order valence-electron chi connectivity index (χ2n) is 3.51. The lowest BCUT2D eigenvalue weighted by Gasteiger charge is -2.24. The van der Waals surface area contributed by atoms with Crippen LogP contribution in [0.3, 0.4) is 0 Å². The van der Waals surface area contributed by atoms with E-state index in [0.717, 1.165) is 18.7 Å². The van der Waals surface area contributed by atoms with Crippen LogP contribution < -0.4 is 10.1 Å². The lowest BCUT2D eigenvalue weighted by molar-refractivity contribution is 0.0768. The number of hydrogen-bond acceptors (Lipinski definition) is 4. The smallest absolute Gasteiger partial charge is 0.160 e. The first-order chi connectivity index (χ1) is 7.31. The SMILES string of the molecule is COc1ccc([C@@H]2COCCN2)cc1O. The van der Waals surface area contributed by atoms with E-state index in [2.05, 4.69) is 5.32 Å². The van der Waals surface area contributed by atoms with Crippen LogP contribution in [0.25, 0.3) is 0 Å². The van der Waals surface area contributed by atoms with E-state index in [1.54, 1.807) is 12.1 Å². The molecule has 0 radical (unpaired) electrons. The Morgan fingerprint density at radius 2 is 2.40 bits per heavy atom. The molecule has 1 atom stereocenters. The zero-order chi connectivity index (χ0) is 10.7. The van der Waals surface area contributed by atoms with Crippen molar-refractivity contribution in [1.82, 2.24) is 5.32 Å². The Balaban J connectivity index is 2.17. The summed E-state index contributed by atoms with van der Waals surface area (Å²) in [4.78, 5) is 0. The molecule has 0 aliphatic carbocycles. The predicted molar refractivity (Wildman–Crippen MR) is 56.2 cm³/mol. The van der Waals surface area contributed by atoms with Crippen LogP contribution in [0.2, 0.25) is 0 Å². The zero-order valence-electron chi connectivity index (χ0n) is 8.69. The maximum atomic E-state index is 9.63. The summed E-state index contributed by atoms with van der Waals surface area (Å²) in [7, 11) is 1.54. The molecular weight excluding hydrogens is 194 g/mol. The van der Waals surface area contributed by atoms with Gasteiger partial charge in [-0.25, -0.2) is 0 Å². The summed E-state index contributed by atoms with van der Waals surface area (Å²) in [5.74, 6) is 0.665. The molecule has 82 valence electrons. The first kappa shape index (κ1) is 10.3. The molecule has 2 rings (SSSR count). The molecule has 0 aromatic heterocycles. The van der Waals surface area contributed by atoms with Gasteiger partial charge in [-0.05, 0) is 17.7 Å². The van der Waals surface area contributed by atoms with E-state index < -0.39 is 0 Å². The number of methoxy groups -OCH3 is 1. The minimum atomic E-state index is 0.163. The summed E-state index contributed by atoms with van der Waals surface area (Å²) in [6.45, 7) is 2.24. The molecule has 15 heavy (non-hydrogen) atoms. The third-order valence-electron chi connectivity index (χ3n) is 2.53. The van der Waals surface area contributed by atoms with Crippen LogP contribution in [-0.4, -0.2) is 32.0 Å². The van der Waals surface area contributed by atoms with Gasteiger partial charge < -0.3 is 19.9 Å². The molecular formula is C11H15NO3. The number of benzene rings is 1. The minimum Gasteiger partial charge on any atom is -0.504 e. The van der Waals surface area contributed by atoms with E-state index in [1.807, 2.05) is 6.07 Å². The highest BCUT2D eigenvalue weighted by atomic mass is 16.5. The van der Waals surface area contributed by atoms with Gasteiger partial charge in [-0.15, -0.1) is 0 Å². The van der Waals surface area contributed by atoms with E-state index in [9.17, 15) is 5.11 Å². The van der Waals surface area contributed by atoms with Crippen molar-refractivity contribution in [2.24, 2.45) is 0 Å². The van der Waals surface area contributed by atoms with Crippen LogP contribution in [0.15, 0.2) is 18.2 Å². The molecule has 1 aromatic rings. The van der Waals surface area contributed by atoms with Crippen molar-refractivity contribution in [3.8, 4) is 11.5 Å². The van der Waals surface area contributed by atoms with Crippen molar-refractivity contribution in [2.45, 2.75) is 6.04 Å². The molecule has 1 fully saturated rings. The van der Waals surface area contributed by atoms with Crippen LogP contribution in [0.4, 0.5) is 0 Å². The van der Waals surface area contributed by atoms with E-state index in [0.29, 0.717) is 12.4 Å². The number of aromatic hydroxyl groups is 1. The predicted octanol–water partition coefficient (Wildman–Crippen LogP) is 1.06. The Bertz CT molecular complexity index is 335. The Kier molecular flexibility index (Phi) is 3.08. The summed E-state index contributed by atoms with van der Waals surface area (Å²) in [5.41, 5.74) is 1.02. The van der Waals surface area contributed by atoms with Gasteiger partial charge >= 0.3 is 0 Å². The van der Waals surface area contributed by atoms with Gasteiger partial charge in [-0.2, -0.15) is 0 Å². The third-order valence-corrected chi connectivity index (χ3v) is 2.53. The fourth-order valence-electron chi connectivity index (χ4n) is 1.70. The monoisotopic (exact) mass is 209 g/mol. The molecule has 1 saturated heterocycles. The van der Waals surface area contributed by atoms with Gasteiger partial charge in [-0.1, -0.05) is 6.07 Å². The van der Waals surface area contributed by atoms with Crippen molar-refractivity contribution in [2.75, 3.05) is 26.9 Å². The number of rotatable bonds is 2. The highest BCUT2D eigenvalue weighted by Gasteiger charge is 2.16. The van der Waals surface area contributed by atoms with Gasteiger partial charge in [0.05, 0.1) is 26.4 Å². The second-order valence-corrected chi connectivity index (χ2v) is 3.51. The lowest BCUT2D eigenvalue weighted by Crippen LogP contribution is -2.34. The largest absolute Gasteiger partial charge is 0.504 e. The molecule has 1 aliphatic heterocycles. The van der Waals surface area contributed by atoms with Gasteiger partial charge in [-0.3, -0.25) is 0 Å². The average molecular weight is 209 g/mol. The standard InChI is InChI=1S/C11H15NO3/c1-14-11-3-2-8(6-10(11)13)9-7-15-5-4-12-9/h2-3,6,9,12-13H,4-5,7H2,1H3/t9-/m0/s1. The van der Waals surface area contributed by atoms with Crippen molar-refractivity contribution in [1.29, 1.82) is 0 Å². The lowest BCUT2D eigenvalue weighted by atomic mass is 10.1. The number of hydrogen-bond donors (Lipinski definition) is 2. The van der Waals surface area contributed by atoms with Crippen LogP contribution in [0.5, 0.6) is 11.5 Å². The number of ether oxygens (including phenoxy) is 2. The van der Waals surface area contributed by atoms with E-state index in [4.69, 9.17) is 9.47 Å². The molecule has 1 aliphatic rings. The molecule has 0 bridgehead atoms. The normalized spacial score (nSPS) is 21.3. The first-order valence-corrected chi connectivity index (χ1v) is 4.99. The van der Waals surface area contributed by atoms with Gasteiger partial charge in [0, 0.05) is 6.54 Å². The Morgan fingerprint density at radius 1 is 1.53 bits per heavy atom.